The Hall–Kier alpha value is -2.61. The summed E-state index contributed by atoms with van der Waals surface area (Å²) in [6.07, 6.45) is 4.14. The molecule has 20 heavy (non-hydrogen) atoms. The van der Waals surface area contributed by atoms with Crippen molar-refractivity contribution in [3.8, 4) is 11.3 Å². The first kappa shape index (κ1) is 11.2. The van der Waals surface area contributed by atoms with Gasteiger partial charge in [0.25, 0.3) is 5.56 Å². The third-order valence-electron chi connectivity index (χ3n) is 3.84. The fourth-order valence-corrected chi connectivity index (χ4v) is 2.86. The van der Waals surface area contributed by atoms with Gasteiger partial charge in [-0.2, -0.15) is 0 Å². The number of allylic oxidation sites excluding steroid dienone is 1. The summed E-state index contributed by atoms with van der Waals surface area (Å²) in [5, 5.41) is 1.78. The van der Waals surface area contributed by atoms with Crippen LogP contribution in [0.1, 0.15) is 5.56 Å². The van der Waals surface area contributed by atoms with E-state index in [1.807, 2.05) is 47.0 Å². The van der Waals surface area contributed by atoms with Crippen LogP contribution in [0.2, 0.25) is 0 Å². The molecule has 1 aliphatic heterocycles. The van der Waals surface area contributed by atoms with Crippen LogP contribution in [0.5, 0.6) is 0 Å². The van der Waals surface area contributed by atoms with Gasteiger partial charge in [0.2, 0.25) is 0 Å². The lowest BCUT2D eigenvalue weighted by molar-refractivity contribution is 0.803. The third-order valence-corrected chi connectivity index (χ3v) is 3.84. The van der Waals surface area contributed by atoms with Gasteiger partial charge in [0.1, 0.15) is 0 Å². The SMILES string of the molecule is O=c1c2ccccc2cc2n1CC=Cc1ccccc1-2. The van der Waals surface area contributed by atoms with E-state index in [9.17, 15) is 4.79 Å². The van der Waals surface area contributed by atoms with Gasteiger partial charge in [-0.25, -0.2) is 0 Å². The van der Waals surface area contributed by atoms with Gasteiger partial charge < -0.3 is 4.57 Å². The molecule has 96 valence electrons. The van der Waals surface area contributed by atoms with Crippen molar-refractivity contribution in [2.75, 3.05) is 0 Å². The molecular weight excluding hydrogens is 246 g/mol. The zero-order valence-electron chi connectivity index (χ0n) is 10.9. The zero-order chi connectivity index (χ0) is 13.5. The second kappa shape index (κ2) is 4.20. The number of nitrogens with zero attached hydrogens (tertiary/aromatic N) is 1. The molecule has 2 heterocycles. The fraction of sp³-hybridized carbons (Fsp3) is 0.0556. The molecule has 0 radical (unpaired) electrons. The van der Waals surface area contributed by atoms with E-state index in [-0.39, 0.29) is 5.56 Å². The molecule has 2 nitrogen and oxygen atoms in total. The monoisotopic (exact) mass is 259 g/mol. The van der Waals surface area contributed by atoms with Crippen molar-refractivity contribution >= 4 is 16.8 Å². The molecule has 0 spiro atoms. The van der Waals surface area contributed by atoms with Crippen molar-refractivity contribution in [3.63, 3.8) is 0 Å². The normalized spacial score (nSPS) is 12.8. The highest BCUT2D eigenvalue weighted by atomic mass is 16.1. The molecule has 1 aromatic heterocycles. The minimum Gasteiger partial charge on any atom is -0.304 e. The van der Waals surface area contributed by atoms with Crippen LogP contribution < -0.4 is 5.56 Å². The molecule has 4 rings (SSSR count). The van der Waals surface area contributed by atoms with E-state index >= 15 is 0 Å². The fourth-order valence-electron chi connectivity index (χ4n) is 2.86. The minimum atomic E-state index is 0.0828. The highest BCUT2D eigenvalue weighted by Crippen LogP contribution is 2.28. The molecule has 0 saturated heterocycles. The smallest absolute Gasteiger partial charge is 0.259 e. The van der Waals surface area contributed by atoms with Gasteiger partial charge in [0, 0.05) is 17.5 Å². The molecular formula is C18H13NO. The van der Waals surface area contributed by atoms with E-state index in [0.717, 1.165) is 27.6 Å². The number of fused-ring (bicyclic) bond motifs is 4. The van der Waals surface area contributed by atoms with Crippen molar-refractivity contribution in [2.45, 2.75) is 6.54 Å². The highest BCUT2D eigenvalue weighted by Gasteiger charge is 2.13. The lowest BCUT2D eigenvalue weighted by atomic mass is 10.0. The topological polar surface area (TPSA) is 22.0 Å². The summed E-state index contributed by atoms with van der Waals surface area (Å²) >= 11 is 0. The summed E-state index contributed by atoms with van der Waals surface area (Å²) < 4.78 is 1.85. The Balaban J connectivity index is 2.17. The number of aromatic nitrogens is 1. The maximum absolute atomic E-state index is 12.7. The number of rotatable bonds is 0. The molecule has 0 unspecified atom stereocenters. The Morgan fingerprint density at radius 1 is 0.950 bits per heavy atom. The minimum absolute atomic E-state index is 0.0828. The first-order valence-electron chi connectivity index (χ1n) is 6.73. The van der Waals surface area contributed by atoms with E-state index in [1.54, 1.807) is 0 Å². The summed E-state index contributed by atoms with van der Waals surface area (Å²) in [5.41, 5.74) is 3.35. The molecule has 1 aliphatic rings. The van der Waals surface area contributed by atoms with Crippen molar-refractivity contribution in [2.24, 2.45) is 0 Å². The van der Waals surface area contributed by atoms with Crippen LogP contribution in [0.25, 0.3) is 28.1 Å². The van der Waals surface area contributed by atoms with Crippen molar-refractivity contribution in [3.05, 3.63) is 76.6 Å². The summed E-state index contributed by atoms with van der Waals surface area (Å²) in [6, 6.07) is 18.1. The van der Waals surface area contributed by atoms with Crippen molar-refractivity contribution < 1.29 is 0 Å². The van der Waals surface area contributed by atoms with Gasteiger partial charge in [-0.05, 0) is 23.1 Å². The first-order chi connectivity index (χ1) is 9.84. The van der Waals surface area contributed by atoms with E-state index in [4.69, 9.17) is 0 Å². The molecule has 0 aliphatic carbocycles. The van der Waals surface area contributed by atoms with E-state index in [1.165, 1.54) is 0 Å². The second-order valence-electron chi connectivity index (χ2n) is 5.02. The molecule has 0 amide bonds. The number of hydrogen-bond acceptors (Lipinski definition) is 1. The number of benzene rings is 2. The molecule has 0 atom stereocenters. The van der Waals surface area contributed by atoms with Crippen LogP contribution in [0.3, 0.4) is 0 Å². The van der Waals surface area contributed by atoms with E-state index in [2.05, 4.69) is 24.3 Å². The van der Waals surface area contributed by atoms with Crippen LogP contribution in [0.4, 0.5) is 0 Å². The predicted octanol–water partition coefficient (Wildman–Crippen LogP) is 3.70. The average molecular weight is 259 g/mol. The number of pyridine rings is 1. The molecule has 0 fully saturated rings. The molecule has 0 bridgehead atoms. The predicted molar refractivity (Wildman–Crippen MR) is 82.7 cm³/mol. The van der Waals surface area contributed by atoms with Crippen LogP contribution >= 0.6 is 0 Å². The molecule has 0 saturated carbocycles. The van der Waals surface area contributed by atoms with Gasteiger partial charge in [-0.1, -0.05) is 54.6 Å². The lowest BCUT2D eigenvalue weighted by Gasteiger charge is -2.12. The van der Waals surface area contributed by atoms with Crippen molar-refractivity contribution in [1.29, 1.82) is 0 Å². The first-order valence-corrected chi connectivity index (χ1v) is 6.73. The maximum atomic E-state index is 12.7. The van der Waals surface area contributed by atoms with Crippen molar-refractivity contribution in [1.82, 2.24) is 4.57 Å². The van der Waals surface area contributed by atoms with Gasteiger partial charge in [-0.15, -0.1) is 0 Å². The average Bonchev–Trinajstić information content (AvgIpc) is 2.68. The lowest BCUT2D eigenvalue weighted by Crippen LogP contribution is -2.21. The Bertz CT molecular complexity index is 903. The van der Waals surface area contributed by atoms with Crippen LogP contribution in [0, 0.1) is 0 Å². The van der Waals surface area contributed by atoms with Crippen LogP contribution in [0.15, 0.2) is 65.5 Å². The van der Waals surface area contributed by atoms with E-state index in [0.29, 0.717) is 6.54 Å². The Morgan fingerprint density at radius 2 is 1.75 bits per heavy atom. The Labute approximate surface area is 116 Å². The van der Waals surface area contributed by atoms with Gasteiger partial charge in [0.05, 0.1) is 5.69 Å². The quantitative estimate of drug-likeness (QED) is 0.603. The number of hydrogen-bond donors (Lipinski definition) is 0. The summed E-state index contributed by atoms with van der Waals surface area (Å²) in [7, 11) is 0. The van der Waals surface area contributed by atoms with Crippen LogP contribution in [-0.2, 0) is 6.54 Å². The summed E-state index contributed by atoms with van der Waals surface area (Å²) in [4.78, 5) is 12.7. The zero-order valence-corrected chi connectivity index (χ0v) is 10.9. The molecule has 2 heteroatoms. The second-order valence-corrected chi connectivity index (χ2v) is 5.02. The van der Waals surface area contributed by atoms with Gasteiger partial charge in [0.15, 0.2) is 0 Å². The third kappa shape index (κ3) is 1.55. The van der Waals surface area contributed by atoms with Gasteiger partial charge >= 0.3 is 0 Å². The Morgan fingerprint density at radius 3 is 2.70 bits per heavy atom. The van der Waals surface area contributed by atoms with Gasteiger partial charge in [-0.3, -0.25) is 4.79 Å². The summed E-state index contributed by atoms with van der Waals surface area (Å²) in [5.74, 6) is 0. The van der Waals surface area contributed by atoms with Crippen LogP contribution in [-0.4, -0.2) is 4.57 Å². The highest BCUT2D eigenvalue weighted by molar-refractivity contribution is 5.87. The largest absolute Gasteiger partial charge is 0.304 e. The summed E-state index contributed by atoms with van der Waals surface area (Å²) in [6.45, 7) is 0.619. The molecule has 2 aromatic carbocycles. The molecule has 3 aromatic rings. The maximum Gasteiger partial charge on any atom is 0.259 e. The standard InChI is InChI=1S/C18H13NO/c20-18-16-10-4-2-7-14(16)12-17-15-9-3-1-6-13(15)8-5-11-19(17)18/h1-10,12H,11H2. The Kier molecular flexibility index (Phi) is 2.36. The van der Waals surface area contributed by atoms with E-state index < -0.39 is 0 Å². The molecule has 0 N–H and O–H groups in total.